The molecule has 4 heteroatoms. The Kier molecular flexibility index (Phi) is 3.93. The Morgan fingerprint density at radius 2 is 1.74 bits per heavy atom. The molecule has 0 aliphatic carbocycles. The first-order valence-corrected chi connectivity index (χ1v) is 8.96. The number of hydrogen-bond acceptors (Lipinski definition) is 4. The molecular weight excluding hydrogens is 284 g/mol. The summed E-state index contributed by atoms with van der Waals surface area (Å²) in [5.74, 6) is 1.04. The number of benzene rings is 1. The summed E-state index contributed by atoms with van der Waals surface area (Å²) in [6.07, 6.45) is 7.18. The van der Waals surface area contributed by atoms with Crippen LogP contribution in [-0.2, 0) is 0 Å². The Balaban J connectivity index is 1.56. The molecule has 1 aromatic heterocycles. The van der Waals surface area contributed by atoms with E-state index >= 15 is 0 Å². The van der Waals surface area contributed by atoms with Gasteiger partial charge in [-0.1, -0.05) is 12.1 Å². The predicted octanol–water partition coefficient (Wildman–Crippen LogP) is 3.47. The van der Waals surface area contributed by atoms with Crippen LogP contribution in [-0.4, -0.2) is 46.1 Å². The Labute approximate surface area is 138 Å². The summed E-state index contributed by atoms with van der Waals surface area (Å²) in [5, 5.41) is 0. The third kappa shape index (κ3) is 2.80. The zero-order chi connectivity index (χ0) is 15.8. The summed E-state index contributed by atoms with van der Waals surface area (Å²) < 4.78 is 0. The van der Waals surface area contributed by atoms with E-state index in [4.69, 9.17) is 4.98 Å². The lowest BCUT2D eigenvalue weighted by atomic mass is 10.0. The fraction of sp³-hybridized carbons (Fsp3) is 0.579. The van der Waals surface area contributed by atoms with E-state index in [1.54, 1.807) is 0 Å². The first-order chi connectivity index (χ1) is 11.2. The third-order valence-electron chi connectivity index (χ3n) is 5.60. The van der Waals surface area contributed by atoms with Crippen LogP contribution in [0.4, 0.5) is 5.82 Å². The second-order valence-electron chi connectivity index (χ2n) is 7.18. The van der Waals surface area contributed by atoms with Crippen molar-refractivity contribution in [2.45, 2.75) is 57.7 Å². The fourth-order valence-corrected chi connectivity index (χ4v) is 4.44. The number of para-hydroxylation sites is 2. The monoisotopic (exact) mass is 310 g/mol. The summed E-state index contributed by atoms with van der Waals surface area (Å²) in [6, 6.07) is 10.2. The van der Waals surface area contributed by atoms with Gasteiger partial charge in [0.2, 0.25) is 0 Å². The predicted molar refractivity (Wildman–Crippen MR) is 94.8 cm³/mol. The highest BCUT2D eigenvalue weighted by molar-refractivity contribution is 5.75. The summed E-state index contributed by atoms with van der Waals surface area (Å²) in [5.41, 5.74) is 1.97. The minimum atomic E-state index is 0.657. The smallest absolute Gasteiger partial charge is 0.147 e. The third-order valence-corrected chi connectivity index (χ3v) is 5.60. The molecule has 0 bridgehead atoms. The fourth-order valence-electron chi connectivity index (χ4n) is 4.44. The van der Waals surface area contributed by atoms with Crippen LogP contribution in [0, 0.1) is 0 Å². The lowest BCUT2D eigenvalue weighted by molar-refractivity contribution is 0.129. The van der Waals surface area contributed by atoms with Crippen LogP contribution in [0.2, 0.25) is 0 Å². The first kappa shape index (κ1) is 14.9. The summed E-state index contributed by atoms with van der Waals surface area (Å²) >= 11 is 0. The van der Waals surface area contributed by atoms with Crippen molar-refractivity contribution in [3.05, 3.63) is 30.5 Å². The average molecular weight is 310 g/mol. The SMILES string of the molecule is CC1CCC(C)N1C1CCCN(c2cnc3ccccc3n2)C1. The molecular formula is C19H26N4. The quantitative estimate of drug-likeness (QED) is 0.850. The molecule has 3 heterocycles. The van der Waals surface area contributed by atoms with Gasteiger partial charge in [0.1, 0.15) is 5.82 Å². The van der Waals surface area contributed by atoms with Gasteiger partial charge in [0.25, 0.3) is 0 Å². The van der Waals surface area contributed by atoms with Gasteiger partial charge in [0.15, 0.2) is 0 Å². The summed E-state index contributed by atoms with van der Waals surface area (Å²) in [6.45, 7) is 6.96. The van der Waals surface area contributed by atoms with Gasteiger partial charge in [-0.2, -0.15) is 0 Å². The number of rotatable bonds is 2. The lowest BCUT2D eigenvalue weighted by Crippen LogP contribution is -2.51. The van der Waals surface area contributed by atoms with Crippen LogP contribution < -0.4 is 4.90 Å². The average Bonchev–Trinajstić information content (AvgIpc) is 2.93. The van der Waals surface area contributed by atoms with Crippen molar-refractivity contribution in [2.24, 2.45) is 0 Å². The van der Waals surface area contributed by atoms with E-state index in [1.165, 1.54) is 25.7 Å². The van der Waals surface area contributed by atoms with Crippen molar-refractivity contribution in [1.82, 2.24) is 14.9 Å². The molecule has 2 aromatic rings. The number of anilines is 1. The van der Waals surface area contributed by atoms with E-state index < -0.39 is 0 Å². The Morgan fingerprint density at radius 3 is 2.52 bits per heavy atom. The van der Waals surface area contributed by atoms with E-state index in [0.717, 1.165) is 42.0 Å². The number of aromatic nitrogens is 2. The van der Waals surface area contributed by atoms with Crippen molar-refractivity contribution >= 4 is 16.9 Å². The van der Waals surface area contributed by atoms with Crippen molar-refractivity contribution in [3.8, 4) is 0 Å². The molecule has 2 aliphatic rings. The highest BCUT2D eigenvalue weighted by Crippen LogP contribution is 2.31. The molecule has 2 aliphatic heterocycles. The molecule has 2 saturated heterocycles. The molecule has 0 radical (unpaired) electrons. The molecule has 0 N–H and O–H groups in total. The second kappa shape index (κ2) is 6.08. The van der Waals surface area contributed by atoms with Gasteiger partial charge in [0.05, 0.1) is 17.2 Å². The van der Waals surface area contributed by atoms with Crippen LogP contribution >= 0.6 is 0 Å². The number of fused-ring (bicyclic) bond motifs is 1. The normalized spacial score (nSPS) is 29.3. The van der Waals surface area contributed by atoms with Gasteiger partial charge in [-0.05, 0) is 51.7 Å². The molecule has 1 aromatic carbocycles. The van der Waals surface area contributed by atoms with Gasteiger partial charge < -0.3 is 4.90 Å². The number of hydrogen-bond donors (Lipinski definition) is 0. The van der Waals surface area contributed by atoms with Gasteiger partial charge in [-0.25, -0.2) is 4.98 Å². The summed E-state index contributed by atoms with van der Waals surface area (Å²) in [4.78, 5) is 14.6. The van der Waals surface area contributed by atoms with E-state index in [1.807, 2.05) is 24.4 Å². The van der Waals surface area contributed by atoms with Gasteiger partial charge >= 0.3 is 0 Å². The lowest BCUT2D eigenvalue weighted by Gasteiger charge is -2.41. The molecule has 4 nitrogen and oxygen atoms in total. The van der Waals surface area contributed by atoms with Crippen LogP contribution in [0.3, 0.4) is 0 Å². The van der Waals surface area contributed by atoms with E-state index in [9.17, 15) is 0 Å². The number of piperidine rings is 1. The number of nitrogens with zero attached hydrogens (tertiary/aromatic N) is 4. The van der Waals surface area contributed by atoms with Crippen LogP contribution in [0.5, 0.6) is 0 Å². The van der Waals surface area contributed by atoms with Crippen LogP contribution in [0.1, 0.15) is 39.5 Å². The van der Waals surface area contributed by atoms with Crippen molar-refractivity contribution in [1.29, 1.82) is 0 Å². The molecule has 4 rings (SSSR count). The summed E-state index contributed by atoms with van der Waals surface area (Å²) in [7, 11) is 0. The Morgan fingerprint density at radius 1 is 1.00 bits per heavy atom. The minimum absolute atomic E-state index is 0.657. The zero-order valence-electron chi connectivity index (χ0n) is 14.2. The van der Waals surface area contributed by atoms with Gasteiger partial charge in [-0.15, -0.1) is 0 Å². The van der Waals surface area contributed by atoms with Crippen LogP contribution in [0.15, 0.2) is 30.5 Å². The zero-order valence-corrected chi connectivity index (χ0v) is 14.2. The molecule has 23 heavy (non-hydrogen) atoms. The first-order valence-electron chi connectivity index (χ1n) is 8.96. The van der Waals surface area contributed by atoms with Crippen LogP contribution in [0.25, 0.3) is 11.0 Å². The molecule has 122 valence electrons. The highest BCUT2D eigenvalue weighted by Gasteiger charge is 2.35. The van der Waals surface area contributed by atoms with Gasteiger partial charge in [0, 0.05) is 31.2 Å². The van der Waals surface area contributed by atoms with Crippen molar-refractivity contribution in [3.63, 3.8) is 0 Å². The molecule has 3 unspecified atom stereocenters. The van der Waals surface area contributed by atoms with E-state index in [2.05, 4.69) is 34.7 Å². The topological polar surface area (TPSA) is 32.3 Å². The standard InChI is InChI=1S/C19H26N4/c1-14-9-10-15(2)23(14)16-6-5-11-22(13-16)19-12-20-17-7-3-4-8-18(17)21-19/h3-4,7-8,12,14-16H,5-6,9-11,13H2,1-2H3. The highest BCUT2D eigenvalue weighted by atomic mass is 15.3. The Hall–Kier alpha value is -1.68. The molecule has 0 saturated carbocycles. The molecule has 0 spiro atoms. The Bertz CT molecular complexity index is 676. The maximum Gasteiger partial charge on any atom is 0.147 e. The molecule has 2 fully saturated rings. The molecule has 3 atom stereocenters. The second-order valence-corrected chi connectivity index (χ2v) is 7.18. The van der Waals surface area contributed by atoms with Crippen molar-refractivity contribution in [2.75, 3.05) is 18.0 Å². The van der Waals surface area contributed by atoms with Gasteiger partial charge in [-0.3, -0.25) is 9.88 Å². The largest absolute Gasteiger partial charge is 0.354 e. The minimum Gasteiger partial charge on any atom is -0.354 e. The maximum atomic E-state index is 4.84. The van der Waals surface area contributed by atoms with Crippen molar-refractivity contribution < 1.29 is 0 Å². The number of likely N-dealkylation sites (tertiary alicyclic amines) is 1. The molecule has 0 amide bonds. The maximum absolute atomic E-state index is 4.84. The van der Waals surface area contributed by atoms with E-state index in [-0.39, 0.29) is 0 Å². The van der Waals surface area contributed by atoms with E-state index in [0.29, 0.717) is 6.04 Å².